The molecule has 0 bridgehead atoms. The number of ether oxygens (including phenoxy) is 2. The van der Waals surface area contributed by atoms with E-state index >= 15 is 0 Å². The number of rotatable bonds is 5. The molecule has 6 heteroatoms. The molecule has 0 saturated heterocycles. The van der Waals surface area contributed by atoms with E-state index in [2.05, 4.69) is 15.3 Å². The molecule has 1 unspecified atom stereocenters. The highest BCUT2D eigenvalue weighted by Crippen LogP contribution is 2.33. The van der Waals surface area contributed by atoms with Gasteiger partial charge in [-0.1, -0.05) is 24.3 Å². The van der Waals surface area contributed by atoms with Crippen LogP contribution in [-0.4, -0.2) is 30.0 Å². The van der Waals surface area contributed by atoms with Gasteiger partial charge in [0.1, 0.15) is 11.5 Å². The molecule has 142 valence electrons. The summed E-state index contributed by atoms with van der Waals surface area (Å²) in [5.41, 5.74) is 3.26. The van der Waals surface area contributed by atoms with Gasteiger partial charge in [0.05, 0.1) is 31.2 Å². The summed E-state index contributed by atoms with van der Waals surface area (Å²) in [4.78, 5) is 21.6. The number of Topliss-reactive ketones (excluding diaryl/α,β-unsaturated/α-hetero) is 1. The molecular weight excluding hydrogens is 354 g/mol. The first-order valence-corrected chi connectivity index (χ1v) is 9.11. The van der Waals surface area contributed by atoms with Crippen molar-refractivity contribution in [2.75, 3.05) is 19.5 Å². The minimum absolute atomic E-state index is 0.0749. The Morgan fingerprint density at radius 2 is 1.79 bits per heavy atom. The number of nitrogens with one attached hydrogen (secondary N) is 1. The van der Waals surface area contributed by atoms with E-state index in [1.807, 2.05) is 48.5 Å². The van der Waals surface area contributed by atoms with E-state index in [0.717, 1.165) is 22.7 Å². The monoisotopic (exact) mass is 375 g/mol. The number of benzene rings is 2. The molecule has 1 atom stereocenters. The highest BCUT2D eigenvalue weighted by molar-refractivity contribution is 5.98. The fourth-order valence-corrected chi connectivity index (χ4v) is 3.49. The van der Waals surface area contributed by atoms with E-state index in [9.17, 15) is 4.79 Å². The molecule has 1 aliphatic rings. The second kappa shape index (κ2) is 7.68. The molecule has 1 N–H and O–H groups in total. The molecule has 6 nitrogen and oxygen atoms in total. The van der Waals surface area contributed by atoms with Crippen LogP contribution in [0.25, 0.3) is 0 Å². The maximum Gasteiger partial charge on any atom is 0.227 e. The quantitative estimate of drug-likeness (QED) is 0.722. The Balaban J connectivity index is 1.60. The van der Waals surface area contributed by atoms with Crippen LogP contribution >= 0.6 is 0 Å². The van der Waals surface area contributed by atoms with Gasteiger partial charge >= 0.3 is 0 Å². The van der Waals surface area contributed by atoms with E-state index in [1.54, 1.807) is 20.4 Å². The number of methoxy groups -OCH3 is 2. The van der Waals surface area contributed by atoms with Gasteiger partial charge in [-0.15, -0.1) is 0 Å². The first-order valence-electron chi connectivity index (χ1n) is 9.11. The van der Waals surface area contributed by atoms with Crippen molar-refractivity contribution in [3.05, 3.63) is 71.5 Å². The summed E-state index contributed by atoms with van der Waals surface area (Å²) in [6, 6.07) is 15.4. The normalized spacial score (nSPS) is 15.6. The van der Waals surface area contributed by atoms with Crippen LogP contribution in [0.15, 0.2) is 54.7 Å². The van der Waals surface area contributed by atoms with Crippen molar-refractivity contribution in [3.8, 4) is 11.5 Å². The molecule has 1 heterocycles. The highest BCUT2D eigenvalue weighted by atomic mass is 16.5. The molecule has 0 aliphatic heterocycles. The number of carbonyl (C=O) groups is 1. The Hall–Kier alpha value is -3.41. The van der Waals surface area contributed by atoms with Crippen LogP contribution in [0.1, 0.15) is 34.0 Å². The van der Waals surface area contributed by atoms with Crippen molar-refractivity contribution in [1.82, 2.24) is 9.97 Å². The number of hydrogen-bond acceptors (Lipinski definition) is 6. The topological polar surface area (TPSA) is 73.3 Å². The number of anilines is 2. The third kappa shape index (κ3) is 3.53. The zero-order chi connectivity index (χ0) is 19.5. The molecule has 0 amide bonds. The Bertz CT molecular complexity index is 1000. The van der Waals surface area contributed by atoms with Crippen LogP contribution in [0, 0.1) is 0 Å². The van der Waals surface area contributed by atoms with Gasteiger partial charge in [-0.2, -0.15) is 0 Å². The zero-order valence-electron chi connectivity index (χ0n) is 15.8. The number of aromatic nitrogens is 2. The lowest BCUT2D eigenvalue weighted by molar-refractivity contribution is 0.0962. The maximum atomic E-state index is 12.6. The second-order valence-electron chi connectivity index (χ2n) is 6.68. The predicted octanol–water partition coefficient (Wildman–Crippen LogP) is 4.15. The Morgan fingerprint density at radius 1 is 1.00 bits per heavy atom. The molecule has 2 aromatic carbocycles. The van der Waals surface area contributed by atoms with Gasteiger partial charge in [-0.3, -0.25) is 4.79 Å². The Morgan fingerprint density at radius 3 is 2.54 bits per heavy atom. The van der Waals surface area contributed by atoms with Gasteiger partial charge in [0, 0.05) is 12.6 Å². The fourth-order valence-electron chi connectivity index (χ4n) is 3.49. The zero-order valence-corrected chi connectivity index (χ0v) is 15.8. The van der Waals surface area contributed by atoms with Gasteiger partial charge in [0.15, 0.2) is 5.78 Å². The van der Waals surface area contributed by atoms with Crippen molar-refractivity contribution >= 4 is 17.4 Å². The number of ketones is 1. The van der Waals surface area contributed by atoms with Gasteiger partial charge in [0.2, 0.25) is 5.95 Å². The van der Waals surface area contributed by atoms with Gasteiger partial charge in [-0.05, 0) is 42.2 Å². The summed E-state index contributed by atoms with van der Waals surface area (Å²) in [7, 11) is 3.26. The van der Waals surface area contributed by atoms with Crippen molar-refractivity contribution in [1.29, 1.82) is 0 Å². The van der Waals surface area contributed by atoms with E-state index in [-0.39, 0.29) is 11.7 Å². The first-order chi connectivity index (χ1) is 13.7. The minimum Gasteiger partial charge on any atom is -0.497 e. The molecule has 0 fully saturated rings. The lowest BCUT2D eigenvalue weighted by atomic mass is 9.82. The molecule has 3 aromatic rings. The van der Waals surface area contributed by atoms with Crippen LogP contribution in [0.4, 0.5) is 11.6 Å². The van der Waals surface area contributed by atoms with Crippen molar-refractivity contribution in [2.45, 2.75) is 18.8 Å². The van der Waals surface area contributed by atoms with Gasteiger partial charge in [-0.25, -0.2) is 9.97 Å². The lowest BCUT2D eigenvalue weighted by Crippen LogP contribution is -2.21. The van der Waals surface area contributed by atoms with Crippen LogP contribution in [0.5, 0.6) is 11.5 Å². The summed E-state index contributed by atoms with van der Waals surface area (Å²) in [6.07, 6.45) is 2.77. The molecule has 28 heavy (non-hydrogen) atoms. The van der Waals surface area contributed by atoms with Crippen molar-refractivity contribution in [3.63, 3.8) is 0 Å². The fraction of sp³-hybridized carbons (Fsp3) is 0.227. The summed E-state index contributed by atoms with van der Waals surface area (Å²) in [6.45, 7) is 0. The lowest BCUT2D eigenvalue weighted by Gasteiger charge is -2.23. The molecule has 0 radical (unpaired) electrons. The predicted molar refractivity (Wildman–Crippen MR) is 107 cm³/mol. The van der Waals surface area contributed by atoms with Crippen LogP contribution < -0.4 is 14.8 Å². The molecule has 0 spiro atoms. The van der Waals surface area contributed by atoms with Crippen LogP contribution in [0.3, 0.4) is 0 Å². The van der Waals surface area contributed by atoms with E-state index in [0.29, 0.717) is 30.1 Å². The standard InChI is InChI=1S/C22H21N3O3/c1-27-16-9-7-14(8-10-16)15-11-19-17(20(26)12-15)13-23-22(25-19)24-18-5-3-4-6-21(18)28-2/h3-10,13,15H,11-12H2,1-2H3,(H,23,24,25). The molecule has 4 rings (SSSR count). The third-order valence-corrected chi connectivity index (χ3v) is 4.98. The highest BCUT2D eigenvalue weighted by Gasteiger charge is 2.28. The number of nitrogens with zero attached hydrogens (tertiary/aromatic N) is 2. The number of fused-ring (bicyclic) bond motifs is 1. The van der Waals surface area contributed by atoms with Crippen molar-refractivity contribution in [2.24, 2.45) is 0 Å². The van der Waals surface area contributed by atoms with Crippen molar-refractivity contribution < 1.29 is 14.3 Å². The summed E-state index contributed by atoms with van der Waals surface area (Å²) in [5.74, 6) is 2.13. The SMILES string of the molecule is COc1ccc(C2CC(=O)c3cnc(Nc4ccccc4OC)nc3C2)cc1. The van der Waals surface area contributed by atoms with E-state index < -0.39 is 0 Å². The largest absolute Gasteiger partial charge is 0.497 e. The Kier molecular flexibility index (Phi) is 4.93. The molecule has 1 aliphatic carbocycles. The second-order valence-corrected chi connectivity index (χ2v) is 6.68. The van der Waals surface area contributed by atoms with E-state index in [4.69, 9.17) is 9.47 Å². The average molecular weight is 375 g/mol. The molecule has 1 aromatic heterocycles. The van der Waals surface area contributed by atoms with Crippen LogP contribution in [0.2, 0.25) is 0 Å². The number of para-hydroxylation sites is 2. The van der Waals surface area contributed by atoms with Gasteiger partial charge in [0.25, 0.3) is 0 Å². The minimum atomic E-state index is 0.0749. The Labute approximate surface area is 163 Å². The number of hydrogen-bond donors (Lipinski definition) is 1. The third-order valence-electron chi connectivity index (χ3n) is 4.98. The smallest absolute Gasteiger partial charge is 0.227 e. The summed E-state index contributed by atoms with van der Waals surface area (Å²) < 4.78 is 10.6. The maximum absolute atomic E-state index is 12.6. The molecule has 0 saturated carbocycles. The average Bonchev–Trinajstić information content (AvgIpc) is 2.74. The summed E-state index contributed by atoms with van der Waals surface area (Å²) >= 11 is 0. The van der Waals surface area contributed by atoms with Gasteiger partial charge < -0.3 is 14.8 Å². The first kappa shape index (κ1) is 18.0. The summed E-state index contributed by atoms with van der Waals surface area (Å²) in [5, 5.41) is 3.18. The van der Waals surface area contributed by atoms with E-state index in [1.165, 1.54) is 0 Å². The van der Waals surface area contributed by atoms with Crippen LogP contribution in [-0.2, 0) is 6.42 Å². The molecular formula is C22H21N3O3. The number of carbonyl (C=O) groups excluding carboxylic acids is 1.